The Bertz CT molecular complexity index is 5310. The molecule has 5 aromatic carbocycles. The second-order valence-electron chi connectivity index (χ2n) is 18.6. The molecular formula is C49H50N10O28S10. The Kier molecular flexibility index (Phi) is 29.7. The lowest BCUT2D eigenvalue weighted by atomic mass is 10.1. The van der Waals surface area contributed by atoms with E-state index >= 15 is 0 Å². The number of nitrogens with zero attached hydrogens (tertiary/aromatic N) is 10. The number of rotatable bonds is 24. The first-order chi connectivity index (χ1) is 45.1. The van der Waals surface area contributed by atoms with Crippen LogP contribution in [0.3, 0.4) is 0 Å². The molecule has 38 nitrogen and oxygen atoms in total. The van der Waals surface area contributed by atoms with E-state index in [0.717, 1.165) is 41.3 Å². The zero-order valence-electron chi connectivity index (χ0n) is 49.7. The van der Waals surface area contributed by atoms with Gasteiger partial charge in [0.15, 0.2) is 11.3 Å². The number of hydrogen-bond donors (Lipinski definition) is 6. The molecule has 0 radical (unpaired) electrons. The molecule has 0 amide bonds. The maximum absolute atomic E-state index is 12.6. The fourth-order valence-corrected chi connectivity index (χ4v) is 12.1. The van der Waals surface area contributed by atoms with Crippen molar-refractivity contribution in [3.8, 4) is 29.2 Å². The van der Waals surface area contributed by atoms with Crippen LogP contribution in [0, 0.1) is 18.3 Å². The molecule has 0 unspecified atom stereocenters. The van der Waals surface area contributed by atoms with Crippen LogP contribution in [-0.4, -0.2) is 166 Å². The summed E-state index contributed by atoms with van der Waals surface area (Å²) in [6.45, 7) is 5.28. The number of imidazole rings is 1. The third-order valence-electron chi connectivity index (χ3n) is 11.4. The van der Waals surface area contributed by atoms with Crippen LogP contribution < -0.4 is 14.2 Å². The minimum atomic E-state index is -4.90. The number of azo groups is 3. The molecule has 0 spiro atoms. The number of aromatic hydroxyl groups is 1. The third-order valence-corrected chi connectivity index (χ3v) is 16.8. The van der Waals surface area contributed by atoms with Crippen molar-refractivity contribution < 1.29 is 122 Å². The van der Waals surface area contributed by atoms with E-state index in [-0.39, 0.29) is 133 Å². The number of thioether (sulfide) groups is 1. The number of benzene rings is 5. The molecule has 3 aromatic heterocycles. The van der Waals surface area contributed by atoms with Gasteiger partial charge in [0.05, 0.1) is 58.2 Å². The van der Waals surface area contributed by atoms with Crippen LogP contribution in [0.4, 0.5) is 33.6 Å². The van der Waals surface area contributed by atoms with Crippen LogP contribution >= 0.6 is 23.1 Å². The quantitative estimate of drug-likeness (QED) is 0.0144. The normalized spacial score (nSPS) is 11.9. The Hall–Kier alpha value is -8.55. The van der Waals surface area contributed by atoms with Crippen molar-refractivity contribution in [1.82, 2.24) is 14.4 Å². The van der Waals surface area contributed by atoms with Gasteiger partial charge < -0.3 is 19.3 Å². The second kappa shape index (κ2) is 35.6. The molecule has 0 aliphatic rings. The number of hydrogen-bond acceptors (Lipinski definition) is 34. The molecule has 0 aliphatic carbocycles. The van der Waals surface area contributed by atoms with Gasteiger partial charge >= 0.3 is 31.8 Å². The SMILES string of the molecule is CCCOc1cc(N=Nc2cc(OCCCS(=O)(=O)O)c(N=Nc3c(C)c(C#N)c4nc5ccccc5n4c3O)cc2OCCC)c(SCCCS(=O)(=O)O)cc1N=Nc1nc2c(S(=O)(=O)O)cc3ccc(S(=O)(=O)O)cc3c2s1.CS(=O)(=O)O.O=S(=O)=O.O=S(=O)=O.O=S(=O)=O. The summed E-state index contributed by atoms with van der Waals surface area (Å²) in [7, 11) is -31.3. The van der Waals surface area contributed by atoms with E-state index in [2.05, 4.69) is 46.7 Å². The van der Waals surface area contributed by atoms with Gasteiger partial charge in [-0.3, -0.25) is 27.2 Å². The molecular weight excluding hydrogens is 1500 g/mol. The van der Waals surface area contributed by atoms with Gasteiger partial charge in [-0.2, -0.15) is 47.4 Å². The van der Waals surface area contributed by atoms with Crippen LogP contribution in [0.5, 0.6) is 23.1 Å². The van der Waals surface area contributed by atoms with E-state index in [1.807, 2.05) is 13.8 Å². The maximum Gasteiger partial charge on any atom is 0.425 e. The maximum atomic E-state index is 12.6. The Morgan fingerprint density at radius 3 is 1.62 bits per heavy atom. The minimum absolute atomic E-state index is 0.00627. The molecule has 0 bridgehead atoms. The molecule has 0 saturated carbocycles. The van der Waals surface area contributed by atoms with Crippen LogP contribution in [0.2, 0.25) is 0 Å². The molecule has 6 N–H and O–H groups in total. The molecule has 3 heterocycles. The van der Waals surface area contributed by atoms with E-state index in [9.17, 15) is 70.7 Å². The molecule has 8 rings (SSSR count). The van der Waals surface area contributed by atoms with Crippen molar-refractivity contribution in [2.24, 2.45) is 30.7 Å². The van der Waals surface area contributed by atoms with Gasteiger partial charge in [0.2, 0.25) is 11.0 Å². The lowest BCUT2D eigenvalue weighted by molar-refractivity contribution is 0.309. The standard InChI is InChI=1S/C48H46N10O16S6.CH4O3S.3O3S/c1-4-14-72-38-23-34(53-56-43-27(3)31(26-49)46-50-32-10-6-7-11-37(32)58(46)47(43)59)39(74-16-8-18-77(60,61)62)22-33(38)52-55-36-24-40(73-15-5-2)35(25-41(36)75-17-9-19-78(63,64)65)54-57-48-51-44-42(80(69,70)71)20-28-12-13-29(79(66,67)68)21-30(28)45(44)76-48;1-5(2,3)4;3*1-4(2)3/h6-7,10-13,20-25,59H,4-5,8-9,14-19H2,1-3H3,(H,60,61,62)(H,63,64,65)(H,66,67,68)(H,69,70,71);1H3,(H,2,3,4);;;. The largest absolute Gasteiger partial charge is 0.493 e. The van der Waals surface area contributed by atoms with Crippen LogP contribution in [-0.2, 0) is 82.4 Å². The van der Waals surface area contributed by atoms with Crippen molar-refractivity contribution in [3.63, 3.8) is 0 Å². The highest BCUT2D eigenvalue weighted by molar-refractivity contribution is 7.99. The van der Waals surface area contributed by atoms with Gasteiger partial charge in [0.1, 0.15) is 62.0 Å². The number of para-hydroxylation sites is 2. The summed E-state index contributed by atoms with van der Waals surface area (Å²) in [5, 5.41) is 48.6. The Labute approximate surface area is 562 Å². The van der Waals surface area contributed by atoms with Gasteiger partial charge in [-0.25, -0.2) is 9.97 Å². The van der Waals surface area contributed by atoms with E-state index in [4.69, 9.17) is 56.6 Å². The van der Waals surface area contributed by atoms with Crippen molar-refractivity contribution in [2.45, 2.75) is 61.1 Å². The predicted octanol–water partition coefficient (Wildman–Crippen LogP) is 7.97. The van der Waals surface area contributed by atoms with Gasteiger partial charge in [-0.05, 0) is 80.1 Å². The molecule has 8 aromatic rings. The number of nitriles is 1. The molecule has 0 fully saturated rings. The molecule has 97 heavy (non-hydrogen) atoms. The first kappa shape index (κ1) is 80.9. The fraction of sp³-hybridized carbons (Fsp3) is 0.286. The summed E-state index contributed by atoms with van der Waals surface area (Å²) in [4.78, 5) is 8.06. The van der Waals surface area contributed by atoms with Gasteiger partial charge in [-0.1, -0.05) is 43.4 Å². The number of ether oxygens (including phenoxy) is 3. The average Bonchev–Trinajstić information content (AvgIpc) is 1.65. The summed E-state index contributed by atoms with van der Waals surface area (Å²) in [6.07, 6.45) is 1.56. The molecule has 0 atom stereocenters. The van der Waals surface area contributed by atoms with Crippen molar-refractivity contribution in [3.05, 3.63) is 83.9 Å². The highest BCUT2D eigenvalue weighted by Crippen LogP contribution is 2.47. The number of aromatic nitrogens is 3. The lowest BCUT2D eigenvalue weighted by Gasteiger charge is -2.14. The molecule has 0 saturated heterocycles. The van der Waals surface area contributed by atoms with Crippen molar-refractivity contribution >= 4 is 177 Å². The highest BCUT2D eigenvalue weighted by Gasteiger charge is 2.25. The van der Waals surface area contributed by atoms with Crippen LogP contribution in [0.15, 0.2) is 118 Å². The van der Waals surface area contributed by atoms with Crippen LogP contribution in [0.1, 0.15) is 50.7 Å². The first-order valence-corrected chi connectivity index (χ1v) is 38.9. The van der Waals surface area contributed by atoms with Gasteiger partial charge in [0.25, 0.3) is 50.6 Å². The smallest absolute Gasteiger partial charge is 0.425 e. The molecule has 0 aliphatic heterocycles. The zero-order chi connectivity index (χ0) is 73.0. The van der Waals surface area contributed by atoms with Gasteiger partial charge in [0, 0.05) is 34.0 Å². The lowest BCUT2D eigenvalue weighted by Crippen LogP contribution is -2.08. The molecule has 524 valence electrons. The topological polar surface area (TPSA) is 602 Å². The van der Waals surface area contributed by atoms with Gasteiger partial charge in [-0.15, -0.1) is 80.3 Å². The van der Waals surface area contributed by atoms with E-state index in [1.54, 1.807) is 31.2 Å². The zero-order valence-corrected chi connectivity index (χ0v) is 57.9. The van der Waals surface area contributed by atoms with E-state index in [0.29, 0.717) is 35.0 Å². The average molecular weight is 1550 g/mol. The summed E-state index contributed by atoms with van der Waals surface area (Å²) in [5.41, 5.74) is 1.43. The predicted molar refractivity (Wildman–Crippen MR) is 342 cm³/mol. The van der Waals surface area contributed by atoms with Crippen LogP contribution in [0.25, 0.3) is 37.7 Å². The third kappa shape index (κ3) is 26.1. The van der Waals surface area contributed by atoms with E-state index in [1.165, 1.54) is 34.7 Å². The fourth-order valence-electron chi connectivity index (χ4n) is 7.78. The molecule has 48 heteroatoms. The van der Waals surface area contributed by atoms with Crippen molar-refractivity contribution in [2.75, 3.05) is 43.3 Å². The Morgan fingerprint density at radius 1 is 0.619 bits per heavy atom. The number of pyridine rings is 1. The summed E-state index contributed by atoms with van der Waals surface area (Å²) in [5.74, 6) is -1.35. The first-order valence-electron chi connectivity index (χ1n) is 26.2. The summed E-state index contributed by atoms with van der Waals surface area (Å²) in [6, 6.07) is 19.3. The summed E-state index contributed by atoms with van der Waals surface area (Å²) < 4.78 is 256. The number of thiazole rings is 1. The summed E-state index contributed by atoms with van der Waals surface area (Å²) >= 11 is 1.88. The Balaban J connectivity index is 0.00000105. The highest BCUT2D eigenvalue weighted by atomic mass is 32.2. The monoisotopic (exact) mass is 1550 g/mol. The minimum Gasteiger partial charge on any atom is -0.493 e. The second-order valence-corrected chi connectivity index (χ2v) is 29.4. The Morgan fingerprint density at radius 2 is 1.10 bits per heavy atom. The van der Waals surface area contributed by atoms with Crippen molar-refractivity contribution in [1.29, 1.82) is 5.26 Å². The van der Waals surface area contributed by atoms with E-state index < -0.39 is 104 Å². The number of fused-ring (bicyclic) bond motifs is 6.